The van der Waals surface area contributed by atoms with Gasteiger partial charge in [0, 0.05) is 18.0 Å². The first-order valence-electron chi connectivity index (χ1n) is 6.39. The fraction of sp³-hybridized carbons (Fsp3) is 0.154. The number of aromatic nitrogens is 1. The number of phenols is 1. The van der Waals surface area contributed by atoms with Crippen LogP contribution in [-0.2, 0) is 23.1 Å². The van der Waals surface area contributed by atoms with Gasteiger partial charge in [-0.3, -0.25) is 0 Å². The highest BCUT2D eigenvalue weighted by atomic mass is 32.2. The van der Waals surface area contributed by atoms with E-state index in [9.17, 15) is 18.6 Å². The summed E-state index contributed by atoms with van der Waals surface area (Å²) in [5.41, 5.74) is 0.948. The normalized spacial score (nSPS) is 16.4. The number of hydrogen-bond acceptors (Lipinski definition) is 6. The summed E-state index contributed by atoms with van der Waals surface area (Å²) in [6.45, 7) is 0. The van der Waals surface area contributed by atoms with Gasteiger partial charge in [-0.15, -0.1) is 11.3 Å². The number of hydrogen-bond donors (Lipinski definition) is 3. The van der Waals surface area contributed by atoms with Crippen LogP contribution < -0.4 is 9.03 Å². The van der Waals surface area contributed by atoms with Crippen molar-refractivity contribution >= 4 is 27.2 Å². The number of aryl methyl sites for hydroxylation is 2. The predicted octanol–water partition coefficient (Wildman–Crippen LogP) is 1.65. The number of thiazole rings is 1. The molecule has 0 saturated heterocycles. The highest BCUT2D eigenvalue weighted by Crippen LogP contribution is 2.32. The van der Waals surface area contributed by atoms with Crippen LogP contribution in [0.2, 0.25) is 0 Å². The number of rotatable bonds is 4. The molecular weight excluding hydrogens is 326 g/mol. The van der Waals surface area contributed by atoms with Gasteiger partial charge < -0.3 is 10.2 Å². The molecule has 0 aliphatic carbocycles. The van der Waals surface area contributed by atoms with Crippen LogP contribution in [0.5, 0.6) is 5.75 Å². The zero-order chi connectivity index (χ0) is 15.7. The van der Waals surface area contributed by atoms with Crippen LogP contribution in [-0.4, -0.2) is 23.6 Å². The Labute approximate surface area is 131 Å². The number of phenolic OH excluding ortho intramolecular Hbond substituents is 1. The molecule has 0 fully saturated rings. The van der Waals surface area contributed by atoms with Gasteiger partial charge in [-0.05, 0) is 24.1 Å². The molecule has 1 aliphatic heterocycles. The number of nitrogens with one attached hydrogen (secondary N) is 1. The molecule has 3 N–H and O–H groups in total. The van der Waals surface area contributed by atoms with E-state index in [2.05, 4.69) is 4.98 Å². The first-order chi connectivity index (χ1) is 10.5. The summed E-state index contributed by atoms with van der Waals surface area (Å²) in [4.78, 5) is 4.19. The minimum atomic E-state index is -3.90. The van der Waals surface area contributed by atoms with E-state index in [0.717, 1.165) is 27.5 Å². The molecular formula is C13H13N3O4S2. The second-order valence-corrected chi connectivity index (χ2v) is 7.19. The van der Waals surface area contributed by atoms with Crippen molar-refractivity contribution in [2.45, 2.75) is 12.8 Å². The highest BCUT2D eigenvalue weighted by Gasteiger charge is 2.30. The van der Waals surface area contributed by atoms with Crippen molar-refractivity contribution in [2.24, 2.45) is 0 Å². The van der Waals surface area contributed by atoms with E-state index in [0.29, 0.717) is 6.42 Å². The Morgan fingerprint density at radius 3 is 2.68 bits per heavy atom. The maximum atomic E-state index is 11.8. The van der Waals surface area contributed by atoms with E-state index in [4.69, 9.17) is 0 Å². The lowest BCUT2D eigenvalue weighted by molar-refractivity contribution is 0.392. The maximum absolute atomic E-state index is 11.8. The first-order valence-corrected chi connectivity index (χ1v) is 8.71. The van der Waals surface area contributed by atoms with E-state index >= 15 is 0 Å². The predicted molar refractivity (Wildman–Crippen MR) is 82.9 cm³/mol. The minimum absolute atomic E-state index is 0.0783. The van der Waals surface area contributed by atoms with Crippen molar-refractivity contribution in [3.8, 4) is 5.75 Å². The molecule has 0 amide bonds. The third-order valence-corrected chi connectivity index (χ3v) is 5.25. The summed E-state index contributed by atoms with van der Waals surface area (Å²) in [7, 11) is -3.90. The molecule has 9 heteroatoms. The summed E-state index contributed by atoms with van der Waals surface area (Å²) in [5.74, 6) is -0.666. The number of aliphatic hydroxyl groups is 1. The Morgan fingerprint density at radius 2 is 2.09 bits per heavy atom. The summed E-state index contributed by atoms with van der Waals surface area (Å²) >= 11 is 1.56. The van der Waals surface area contributed by atoms with E-state index in [1.807, 2.05) is 10.1 Å². The van der Waals surface area contributed by atoms with Crippen molar-refractivity contribution < 1.29 is 18.6 Å². The van der Waals surface area contributed by atoms with Gasteiger partial charge >= 0.3 is 10.2 Å². The fourth-order valence-corrected chi connectivity index (χ4v) is 3.81. The molecule has 0 spiro atoms. The van der Waals surface area contributed by atoms with Gasteiger partial charge in [-0.2, -0.15) is 8.42 Å². The number of nitrogens with zero attached hydrogens (tertiary/aromatic N) is 2. The quantitative estimate of drug-likeness (QED) is 0.786. The van der Waals surface area contributed by atoms with Crippen LogP contribution in [0, 0.1) is 0 Å². The summed E-state index contributed by atoms with van der Waals surface area (Å²) in [6.07, 6.45) is 4.18. The van der Waals surface area contributed by atoms with Crippen molar-refractivity contribution in [2.75, 3.05) is 4.31 Å². The van der Waals surface area contributed by atoms with Gasteiger partial charge in [-0.25, -0.2) is 14.0 Å². The third-order valence-electron chi connectivity index (χ3n) is 3.12. The molecule has 1 aromatic heterocycles. The van der Waals surface area contributed by atoms with Gasteiger partial charge in [0.1, 0.15) is 11.4 Å². The van der Waals surface area contributed by atoms with Crippen LogP contribution in [0.15, 0.2) is 41.9 Å². The molecule has 0 unspecified atom stereocenters. The lowest BCUT2D eigenvalue weighted by Crippen LogP contribution is -2.29. The molecule has 0 radical (unpaired) electrons. The lowest BCUT2D eigenvalue weighted by Gasteiger charge is -2.16. The van der Waals surface area contributed by atoms with Gasteiger partial charge in [0.2, 0.25) is 5.88 Å². The number of aromatic hydroxyl groups is 1. The Kier molecular flexibility index (Phi) is 3.67. The molecule has 0 bridgehead atoms. The summed E-state index contributed by atoms with van der Waals surface area (Å²) in [5, 5.41) is 22.2. The maximum Gasteiger partial charge on any atom is 0.330 e. The lowest BCUT2D eigenvalue weighted by atomic mass is 10.1. The standard InChI is InChI=1S/C13H13N3O4S2/c17-11-7-9(2-4-13-14-5-6-21-13)1-3-10(11)16-8-12(18)15-22(16,19)20/h1,3,5-8,15,17-18H,2,4H2. The largest absolute Gasteiger partial charge is 0.506 e. The minimum Gasteiger partial charge on any atom is -0.506 e. The van der Waals surface area contributed by atoms with E-state index < -0.39 is 16.1 Å². The van der Waals surface area contributed by atoms with E-state index in [1.165, 1.54) is 12.1 Å². The second-order valence-electron chi connectivity index (χ2n) is 4.67. The molecule has 22 heavy (non-hydrogen) atoms. The van der Waals surface area contributed by atoms with Crippen molar-refractivity contribution in [3.05, 3.63) is 52.4 Å². The molecule has 0 atom stereocenters. The smallest absolute Gasteiger partial charge is 0.330 e. The number of aliphatic hydroxyl groups excluding tert-OH is 1. The zero-order valence-corrected chi connectivity index (χ0v) is 12.9. The Bertz CT molecular complexity index is 816. The van der Waals surface area contributed by atoms with Crippen LogP contribution in [0.4, 0.5) is 5.69 Å². The Morgan fingerprint density at radius 1 is 1.27 bits per heavy atom. The first kappa shape index (κ1) is 14.7. The van der Waals surface area contributed by atoms with E-state index in [1.54, 1.807) is 23.6 Å². The van der Waals surface area contributed by atoms with Crippen LogP contribution in [0.3, 0.4) is 0 Å². The SMILES string of the molecule is O=S1(=O)NC(O)=CN1c1ccc(CCc2nccs2)cc1O. The van der Waals surface area contributed by atoms with Crippen LogP contribution >= 0.6 is 11.3 Å². The summed E-state index contributed by atoms with van der Waals surface area (Å²) in [6, 6.07) is 4.75. The van der Waals surface area contributed by atoms with Gasteiger partial charge in [0.15, 0.2) is 0 Å². The van der Waals surface area contributed by atoms with Crippen molar-refractivity contribution in [1.82, 2.24) is 9.71 Å². The van der Waals surface area contributed by atoms with Crippen molar-refractivity contribution in [1.29, 1.82) is 0 Å². The van der Waals surface area contributed by atoms with Gasteiger partial charge in [0.25, 0.3) is 0 Å². The molecule has 3 rings (SSSR count). The molecule has 2 heterocycles. The molecule has 7 nitrogen and oxygen atoms in total. The monoisotopic (exact) mass is 339 g/mol. The molecule has 1 aromatic carbocycles. The molecule has 1 aliphatic rings. The Balaban J connectivity index is 1.81. The average Bonchev–Trinajstić information content (AvgIpc) is 3.04. The highest BCUT2D eigenvalue weighted by molar-refractivity contribution is 7.91. The van der Waals surface area contributed by atoms with Crippen LogP contribution in [0.25, 0.3) is 0 Å². The zero-order valence-electron chi connectivity index (χ0n) is 11.3. The topological polar surface area (TPSA) is 103 Å². The summed E-state index contributed by atoms with van der Waals surface area (Å²) < 4.78 is 26.3. The van der Waals surface area contributed by atoms with Gasteiger partial charge in [0.05, 0.1) is 11.2 Å². The third kappa shape index (κ3) is 2.85. The Hall–Kier alpha value is -2.26. The molecule has 0 saturated carbocycles. The van der Waals surface area contributed by atoms with Gasteiger partial charge in [-0.1, -0.05) is 6.07 Å². The number of anilines is 1. The molecule has 2 aromatic rings. The number of benzene rings is 1. The average molecular weight is 339 g/mol. The molecule has 116 valence electrons. The van der Waals surface area contributed by atoms with Crippen LogP contribution in [0.1, 0.15) is 10.6 Å². The fourth-order valence-electron chi connectivity index (χ4n) is 2.13. The van der Waals surface area contributed by atoms with E-state index in [-0.39, 0.29) is 11.4 Å². The second kappa shape index (κ2) is 5.50. The van der Waals surface area contributed by atoms with Crippen molar-refractivity contribution in [3.63, 3.8) is 0 Å².